The summed E-state index contributed by atoms with van der Waals surface area (Å²) in [7, 11) is 0. The van der Waals surface area contributed by atoms with E-state index < -0.39 is 0 Å². The van der Waals surface area contributed by atoms with Crippen molar-refractivity contribution >= 4 is 11.8 Å². The fraction of sp³-hybridized carbons (Fsp3) is 0.471. The highest BCUT2D eigenvalue weighted by Crippen LogP contribution is 2.32. The predicted octanol–water partition coefficient (Wildman–Crippen LogP) is 3.06. The van der Waals surface area contributed by atoms with E-state index in [1.807, 2.05) is 12.1 Å². The fourth-order valence-electron chi connectivity index (χ4n) is 2.49. The number of anilines is 2. The molecule has 2 unspecified atom stereocenters. The highest BCUT2D eigenvalue weighted by Gasteiger charge is 2.26. The minimum atomic E-state index is -0.132. The van der Waals surface area contributed by atoms with Crippen LogP contribution in [-0.2, 0) is 11.3 Å². The number of hydrogen-bond donors (Lipinski definition) is 2. The number of nitrogens with two attached hydrogens (primary N) is 1. The first-order valence-electron chi connectivity index (χ1n) is 8.44. The molecule has 0 radical (unpaired) electrons. The van der Waals surface area contributed by atoms with Crippen molar-refractivity contribution in [3.8, 4) is 5.75 Å². The number of nitrogen functional groups attached to an aromatic ring is 1. The zero-order valence-corrected chi connectivity index (χ0v) is 14.4. The molecule has 2 aromatic heterocycles. The Balaban J connectivity index is 1.62. The fourth-order valence-corrected chi connectivity index (χ4v) is 2.49. The van der Waals surface area contributed by atoms with Crippen LogP contribution in [0.1, 0.15) is 44.2 Å². The van der Waals surface area contributed by atoms with Crippen molar-refractivity contribution in [3.63, 3.8) is 0 Å². The molecule has 0 fully saturated rings. The first-order valence-corrected chi connectivity index (χ1v) is 8.44. The third-order valence-corrected chi connectivity index (χ3v) is 3.91. The van der Waals surface area contributed by atoms with E-state index in [4.69, 9.17) is 19.7 Å². The Bertz CT molecular complexity index is 731. The SMILES string of the molecule is CCCCNc1nc(N)ncc1OCc1cc(C2OC=CC2C)on1. The van der Waals surface area contributed by atoms with Crippen LogP contribution in [0.5, 0.6) is 5.75 Å². The van der Waals surface area contributed by atoms with Crippen LogP contribution in [0.3, 0.4) is 0 Å². The van der Waals surface area contributed by atoms with E-state index in [-0.39, 0.29) is 24.6 Å². The highest BCUT2D eigenvalue weighted by molar-refractivity contribution is 5.51. The van der Waals surface area contributed by atoms with Gasteiger partial charge in [-0.1, -0.05) is 25.4 Å². The van der Waals surface area contributed by atoms with Crippen LogP contribution in [0.2, 0.25) is 0 Å². The van der Waals surface area contributed by atoms with E-state index in [1.54, 1.807) is 12.5 Å². The molecule has 8 heteroatoms. The Morgan fingerprint density at radius 1 is 1.40 bits per heavy atom. The van der Waals surface area contributed by atoms with Crippen molar-refractivity contribution in [1.82, 2.24) is 15.1 Å². The molecule has 0 spiro atoms. The van der Waals surface area contributed by atoms with Gasteiger partial charge in [-0.2, -0.15) is 4.98 Å². The van der Waals surface area contributed by atoms with Gasteiger partial charge in [0.1, 0.15) is 12.3 Å². The minimum absolute atomic E-state index is 0.132. The lowest BCUT2D eigenvalue weighted by atomic mass is 10.0. The van der Waals surface area contributed by atoms with Gasteiger partial charge in [-0.25, -0.2) is 4.98 Å². The molecule has 8 nitrogen and oxygen atoms in total. The molecule has 0 amide bonds. The molecule has 0 aromatic carbocycles. The Morgan fingerprint density at radius 3 is 3.04 bits per heavy atom. The summed E-state index contributed by atoms with van der Waals surface area (Å²) in [5.41, 5.74) is 6.34. The Morgan fingerprint density at radius 2 is 2.28 bits per heavy atom. The quantitative estimate of drug-likeness (QED) is 0.703. The molecule has 2 atom stereocenters. The van der Waals surface area contributed by atoms with Gasteiger partial charge in [0, 0.05) is 18.5 Å². The van der Waals surface area contributed by atoms with Crippen LogP contribution in [0, 0.1) is 5.92 Å². The van der Waals surface area contributed by atoms with Crippen LogP contribution < -0.4 is 15.8 Å². The topological polar surface area (TPSA) is 108 Å². The lowest BCUT2D eigenvalue weighted by Crippen LogP contribution is -2.08. The number of unbranched alkanes of at least 4 members (excludes halogenated alkanes) is 1. The normalized spacial score (nSPS) is 19.0. The zero-order valence-electron chi connectivity index (χ0n) is 14.4. The van der Waals surface area contributed by atoms with Gasteiger partial charge in [-0.05, 0) is 12.5 Å². The molecule has 1 aliphatic heterocycles. The Kier molecular flexibility index (Phi) is 5.37. The predicted molar refractivity (Wildman–Crippen MR) is 92.8 cm³/mol. The molecule has 3 heterocycles. The molecule has 2 aromatic rings. The van der Waals surface area contributed by atoms with E-state index >= 15 is 0 Å². The number of nitrogens with one attached hydrogen (secondary N) is 1. The summed E-state index contributed by atoms with van der Waals surface area (Å²) >= 11 is 0. The standard InChI is InChI=1S/C17H23N5O3/c1-3-4-6-19-16-14(9-20-17(18)21-16)24-10-12-8-13(25-22-12)15-11(2)5-7-23-15/h5,7-9,11,15H,3-4,6,10H2,1-2H3,(H3,18,19,20,21). The lowest BCUT2D eigenvalue weighted by Gasteiger charge is -2.11. The van der Waals surface area contributed by atoms with E-state index in [1.165, 1.54) is 0 Å². The van der Waals surface area contributed by atoms with Gasteiger partial charge in [0.2, 0.25) is 5.95 Å². The Labute approximate surface area is 146 Å². The molecule has 0 saturated heterocycles. The van der Waals surface area contributed by atoms with E-state index in [2.05, 4.69) is 34.3 Å². The van der Waals surface area contributed by atoms with Gasteiger partial charge in [0.25, 0.3) is 0 Å². The molecule has 0 bridgehead atoms. The van der Waals surface area contributed by atoms with Crippen LogP contribution in [0.25, 0.3) is 0 Å². The van der Waals surface area contributed by atoms with Crippen LogP contribution in [-0.4, -0.2) is 21.7 Å². The van der Waals surface area contributed by atoms with E-state index in [0.29, 0.717) is 23.0 Å². The first kappa shape index (κ1) is 17.1. The molecule has 3 rings (SSSR count). The third-order valence-electron chi connectivity index (χ3n) is 3.91. The van der Waals surface area contributed by atoms with E-state index in [0.717, 1.165) is 19.4 Å². The van der Waals surface area contributed by atoms with Crippen molar-refractivity contribution in [2.45, 2.75) is 39.4 Å². The van der Waals surface area contributed by atoms with E-state index in [9.17, 15) is 0 Å². The van der Waals surface area contributed by atoms with Crippen LogP contribution in [0.4, 0.5) is 11.8 Å². The molecule has 0 saturated carbocycles. The van der Waals surface area contributed by atoms with Gasteiger partial charge in [0.05, 0.1) is 12.5 Å². The molecule has 0 aliphatic carbocycles. The summed E-state index contributed by atoms with van der Waals surface area (Å²) in [6, 6.07) is 1.84. The summed E-state index contributed by atoms with van der Waals surface area (Å²) in [4.78, 5) is 8.18. The van der Waals surface area contributed by atoms with Gasteiger partial charge in [-0.3, -0.25) is 0 Å². The van der Waals surface area contributed by atoms with Gasteiger partial charge < -0.3 is 25.0 Å². The van der Waals surface area contributed by atoms with Crippen molar-refractivity contribution in [2.24, 2.45) is 5.92 Å². The van der Waals surface area contributed by atoms with Crippen molar-refractivity contribution in [1.29, 1.82) is 0 Å². The number of rotatable bonds is 8. The largest absolute Gasteiger partial charge is 0.490 e. The first-order chi connectivity index (χ1) is 12.2. The van der Waals surface area contributed by atoms with Crippen LogP contribution in [0.15, 0.2) is 29.1 Å². The molecule has 3 N–H and O–H groups in total. The molecular formula is C17H23N5O3. The van der Waals surface area contributed by atoms with Crippen LogP contribution >= 0.6 is 0 Å². The summed E-state index contributed by atoms with van der Waals surface area (Å²) in [5, 5.41) is 7.26. The summed E-state index contributed by atoms with van der Waals surface area (Å²) in [5.74, 6) is 2.26. The molecule has 134 valence electrons. The maximum atomic E-state index is 5.79. The smallest absolute Gasteiger partial charge is 0.222 e. The maximum absolute atomic E-state index is 5.79. The summed E-state index contributed by atoms with van der Waals surface area (Å²) in [6.07, 6.45) is 7.22. The summed E-state index contributed by atoms with van der Waals surface area (Å²) in [6.45, 7) is 5.22. The second-order valence-corrected chi connectivity index (χ2v) is 5.98. The average Bonchev–Trinajstić information content (AvgIpc) is 3.23. The summed E-state index contributed by atoms with van der Waals surface area (Å²) < 4.78 is 16.7. The molecular weight excluding hydrogens is 322 g/mol. The number of ether oxygens (including phenoxy) is 2. The van der Waals surface area contributed by atoms with Gasteiger partial charge >= 0.3 is 0 Å². The Hall–Kier alpha value is -2.77. The number of nitrogens with zero attached hydrogens (tertiary/aromatic N) is 3. The third kappa shape index (κ3) is 4.20. The monoisotopic (exact) mass is 345 g/mol. The highest BCUT2D eigenvalue weighted by atomic mass is 16.5. The average molecular weight is 345 g/mol. The zero-order chi connectivity index (χ0) is 17.6. The number of aromatic nitrogens is 3. The lowest BCUT2D eigenvalue weighted by molar-refractivity contribution is 0.110. The van der Waals surface area contributed by atoms with Gasteiger partial charge in [-0.15, -0.1) is 0 Å². The van der Waals surface area contributed by atoms with Crippen molar-refractivity contribution < 1.29 is 14.0 Å². The van der Waals surface area contributed by atoms with Crippen molar-refractivity contribution in [3.05, 3.63) is 36.1 Å². The second-order valence-electron chi connectivity index (χ2n) is 5.98. The second kappa shape index (κ2) is 7.87. The molecule has 1 aliphatic rings. The minimum Gasteiger partial charge on any atom is -0.490 e. The maximum Gasteiger partial charge on any atom is 0.222 e. The number of hydrogen-bond acceptors (Lipinski definition) is 8. The van der Waals surface area contributed by atoms with Crippen molar-refractivity contribution in [2.75, 3.05) is 17.6 Å². The van der Waals surface area contributed by atoms with Gasteiger partial charge in [0.15, 0.2) is 23.4 Å². The molecule has 25 heavy (non-hydrogen) atoms.